The number of anilines is 1. The molecule has 190 valence electrons. The number of hydrogen-bond donors (Lipinski definition) is 0. The van der Waals surface area contributed by atoms with Gasteiger partial charge >= 0.3 is 11.7 Å². The Morgan fingerprint density at radius 2 is 1.54 bits per heavy atom. The average Bonchev–Trinajstić information content (AvgIpc) is 3.42. The van der Waals surface area contributed by atoms with E-state index in [1.807, 2.05) is 65.6 Å². The second-order valence-corrected chi connectivity index (χ2v) is 8.82. The summed E-state index contributed by atoms with van der Waals surface area (Å²) < 4.78 is 17.5. The Labute approximate surface area is 214 Å². The van der Waals surface area contributed by atoms with Gasteiger partial charge in [-0.2, -0.15) is 4.98 Å². The van der Waals surface area contributed by atoms with Crippen molar-refractivity contribution >= 4 is 11.7 Å². The van der Waals surface area contributed by atoms with Crippen LogP contribution in [0.15, 0.2) is 77.3 Å². The van der Waals surface area contributed by atoms with Gasteiger partial charge in [-0.25, -0.2) is 0 Å². The van der Waals surface area contributed by atoms with Crippen molar-refractivity contribution < 1.29 is 18.9 Å². The van der Waals surface area contributed by atoms with Gasteiger partial charge in [0.25, 0.3) is 0 Å². The van der Waals surface area contributed by atoms with E-state index in [9.17, 15) is 10.1 Å². The van der Waals surface area contributed by atoms with Crippen LogP contribution in [-0.4, -0.2) is 53.2 Å². The molecule has 1 aliphatic rings. The van der Waals surface area contributed by atoms with Gasteiger partial charge in [0, 0.05) is 37.8 Å². The fourth-order valence-corrected chi connectivity index (χ4v) is 4.03. The number of hydrogen-bond acceptors (Lipinski definition) is 9. The zero-order valence-corrected chi connectivity index (χ0v) is 20.4. The first kappa shape index (κ1) is 24.3. The topological polar surface area (TPSA) is 107 Å². The molecule has 10 heteroatoms. The first-order chi connectivity index (χ1) is 18.1. The Morgan fingerprint density at radius 1 is 0.919 bits per heavy atom. The van der Waals surface area contributed by atoms with Crippen molar-refractivity contribution in [1.29, 1.82) is 0 Å². The first-order valence-electron chi connectivity index (χ1n) is 12.0. The van der Waals surface area contributed by atoms with Gasteiger partial charge in [0.05, 0.1) is 4.92 Å². The van der Waals surface area contributed by atoms with E-state index in [1.165, 1.54) is 6.07 Å². The van der Waals surface area contributed by atoms with Crippen molar-refractivity contribution in [2.45, 2.75) is 13.2 Å². The minimum Gasteiger partial charge on any atom is -0.485 e. The number of ether oxygens (including phenoxy) is 2. The van der Waals surface area contributed by atoms with Crippen molar-refractivity contribution in [2.75, 3.05) is 38.1 Å². The lowest BCUT2D eigenvalue weighted by atomic mass is 10.1. The van der Waals surface area contributed by atoms with Gasteiger partial charge in [-0.05, 0) is 24.2 Å². The third-order valence-electron chi connectivity index (χ3n) is 6.14. The van der Waals surface area contributed by atoms with Crippen molar-refractivity contribution in [1.82, 2.24) is 15.0 Å². The second kappa shape index (κ2) is 11.1. The van der Waals surface area contributed by atoms with Crippen LogP contribution in [0.1, 0.15) is 11.1 Å². The Balaban J connectivity index is 1.47. The zero-order valence-electron chi connectivity index (χ0n) is 20.4. The Bertz CT molecular complexity index is 1340. The van der Waals surface area contributed by atoms with E-state index >= 15 is 0 Å². The first-order valence-corrected chi connectivity index (χ1v) is 12.0. The number of likely N-dealkylation sites (N-methyl/N-ethyl adjacent to an activating group) is 1. The fourth-order valence-electron chi connectivity index (χ4n) is 4.03. The molecule has 0 radical (unpaired) electrons. The van der Waals surface area contributed by atoms with Crippen LogP contribution in [0.4, 0.5) is 11.7 Å². The van der Waals surface area contributed by atoms with Crippen molar-refractivity contribution in [3.05, 3.63) is 94.0 Å². The molecule has 1 aromatic heterocycles. The van der Waals surface area contributed by atoms with E-state index in [0.29, 0.717) is 11.6 Å². The Hall–Kier alpha value is -4.44. The summed E-state index contributed by atoms with van der Waals surface area (Å²) in [5, 5.41) is 16.2. The quantitative estimate of drug-likeness (QED) is 0.241. The molecule has 1 aliphatic heterocycles. The summed E-state index contributed by atoms with van der Waals surface area (Å²) in [6.45, 7) is 3.65. The summed E-state index contributed by atoms with van der Waals surface area (Å²) in [5.74, 6) is 0.530. The summed E-state index contributed by atoms with van der Waals surface area (Å²) in [4.78, 5) is 20.4. The maximum atomic E-state index is 12.1. The molecule has 0 atom stereocenters. The predicted molar refractivity (Wildman–Crippen MR) is 138 cm³/mol. The number of aromatic nitrogens is 2. The largest absolute Gasteiger partial charge is 0.485 e. The third-order valence-corrected chi connectivity index (χ3v) is 6.14. The molecule has 37 heavy (non-hydrogen) atoms. The van der Waals surface area contributed by atoms with E-state index in [1.54, 1.807) is 6.07 Å². The molecule has 1 saturated heterocycles. The molecular formula is C27H27N5O5. The highest BCUT2D eigenvalue weighted by atomic mass is 16.6. The summed E-state index contributed by atoms with van der Waals surface area (Å²) in [5.41, 5.74) is 1.97. The van der Waals surface area contributed by atoms with Crippen LogP contribution >= 0.6 is 0 Å². The van der Waals surface area contributed by atoms with Crippen LogP contribution < -0.4 is 14.4 Å². The number of nitro benzene ring substituents is 1. The molecular weight excluding hydrogens is 474 g/mol. The standard InChI is InChI=1S/C27H27N5O5/c1-30-12-14-31(15-13-30)27-28-26(29-37-27)22-16-23(32(33)34)25(36-19-21-10-6-3-7-11-21)24(17-22)35-18-20-8-4-2-5-9-20/h2-11,16-17H,12-15,18-19H2,1H3. The van der Waals surface area contributed by atoms with E-state index in [-0.39, 0.29) is 36.2 Å². The van der Waals surface area contributed by atoms with Crippen molar-refractivity contribution in [2.24, 2.45) is 0 Å². The Morgan fingerprint density at radius 3 is 2.16 bits per heavy atom. The lowest BCUT2D eigenvalue weighted by Gasteiger charge is -2.30. The normalized spacial score (nSPS) is 13.9. The maximum Gasteiger partial charge on any atom is 0.324 e. The summed E-state index contributed by atoms with van der Waals surface area (Å²) >= 11 is 0. The molecule has 0 spiro atoms. The van der Waals surface area contributed by atoms with E-state index in [4.69, 9.17) is 14.0 Å². The number of benzene rings is 3. The summed E-state index contributed by atoms with van der Waals surface area (Å²) in [7, 11) is 2.06. The maximum absolute atomic E-state index is 12.1. The molecule has 0 aliphatic carbocycles. The van der Waals surface area contributed by atoms with Crippen molar-refractivity contribution in [3.8, 4) is 22.9 Å². The molecule has 1 fully saturated rings. The van der Waals surface area contributed by atoms with Crippen LogP contribution in [0, 0.1) is 10.1 Å². The van der Waals surface area contributed by atoms with Gasteiger partial charge in [-0.3, -0.25) is 10.1 Å². The molecule has 2 heterocycles. The summed E-state index contributed by atoms with van der Waals surface area (Å²) in [6, 6.07) is 22.5. The molecule has 0 unspecified atom stereocenters. The van der Waals surface area contributed by atoms with Gasteiger partial charge in [-0.15, -0.1) is 0 Å². The summed E-state index contributed by atoms with van der Waals surface area (Å²) in [6.07, 6.45) is 0. The Kier molecular flexibility index (Phi) is 7.27. The number of rotatable bonds is 9. The molecule has 3 aromatic carbocycles. The fraction of sp³-hybridized carbons (Fsp3) is 0.259. The molecule has 0 bridgehead atoms. The van der Waals surface area contributed by atoms with Gasteiger partial charge in [0.15, 0.2) is 5.75 Å². The lowest BCUT2D eigenvalue weighted by molar-refractivity contribution is -0.386. The number of nitro groups is 1. The van der Waals surface area contributed by atoms with Gasteiger partial charge < -0.3 is 23.8 Å². The minimum atomic E-state index is -0.485. The van der Waals surface area contributed by atoms with Crippen LogP contribution in [0.3, 0.4) is 0 Å². The molecule has 0 N–H and O–H groups in total. The lowest BCUT2D eigenvalue weighted by Crippen LogP contribution is -2.44. The zero-order chi connectivity index (χ0) is 25.6. The predicted octanol–water partition coefficient (Wildman–Crippen LogP) is 4.55. The molecule has 4 aromatic rings. The van der Waals surface area contributed by atoms with Gasteiger partial charge in [0.1, 0.15) is 13.2 Å². The smallest absolute Gasteiger partial charge is 0.324 e. The highest BCUT2D eigenvalue weighted by Crippen LogP contribution is 2.42. The number of nitrogens with zero attached hydrogens (tertiary/aromatic N) is 5. The number of piperazine rings is 1. The average molecular weight is 502 g/mol. The molecule has 0 saturated carbocycles. The van der Waals surface area contributed by atoms with E-state index in [0.717, 1.165) is 37.3 Å². The SMILES string of the molecule is CN1CCN(c2nc(-c3cc(OCc4ccccc4)c(OCc4ccccc4)c([N+](=O)[O-])c3)no2)CC1. The van der Waals surface area contributed by atoms with Crippen LogP contribution in [0.5, 0.6) is 11.5 Å². The van der Waals surface area contributed by atoms with Crippen LogP contribution in [0.25, 0.3) is 11.4 Å². The molecule has 10 nitrogen and oxygen atoms in total. The molecule has 5 rings (SSSR count). The van der Waals surface area contributed by atoms with Crippen LogP contribution in [0.2, 0.25) is 0 Å². The molecule has 0 amide bonds. The van der Waals surface area contributed by atoms with E-state index < -0.39 is 4.92 Å². The van der Waals surface area contributed by atoms with Gasteiger partial charge in [0.2, 0.25) is 11.6 Å². The highest BCUT2D eigenvalue weighted by molar-refractivity contribution is 5.69. The van der Waals surface area contributed by atoms with E-state index in [2.05, 4.69) is 22.1 Å². The minimum absolute atomic E-state index is 0.0521. The van der Waals surface area contributed by atoms with Crippen molar-refractivity contribution in [3.63, 3.8) is 0 Å². The highest BCUT2D eigenvalue weighted by Gasteiger charge is 2.26. The van der Waals surface area contributed by atoms with Crippen LogP contribution in [-0.2, 0) is 13.2 Å². The third kappa shape index (κ3) is 5.87. The van der Waals surface area contributed by atoms with Gasteiger partial charge in [-0.1, -0.05) is 65.8 Å². The monoisotopic (exact) mass is 501 g/mol. The second-order valence-electron chi connectivity index (χ2n) is 8.82.